The minimum Gasteiger partial charge on any atom is -0.377 e. The molecule has 0 aromatic heterocycles. The average Bonchev–Trinajstić information content (AvgIpc) is 3.26. The summed E-state index contributed by atoms with van der Waals surface area (Å²) in [6.07, 6.45) is 3.30. The lowest BCUT2D eigenvalue weighted by molar-refractivity contribution is 0.0910. The Morgan fingerprint density at radius 1 is 1.10 bits per heavy atom. The average molecular weight is 427 g/mol. The van der Waals surface area contributed by atoms with Crippen LogP contribution in [0, 0.1) is 0 Å². The highest BCUT2D eigenvalue weighted by Gasteiger charge is 2.20. The topological polar surface area (TPSA) is 67.4 Å². The lowest BCUT2D eigenvalue weighted by Crippen LogP contribution is -2.42. The maximum atomic E-state index is 12.8. The van der Waals surface area contributed by atoms with Gasteiger partial charge in [-0.05, 0) is 69.5 Å². The molecule has 30 heavy (non-hydrogen) atoms. The fourth-order valence-corrected chi connectivity index (χ4v) is 4.23. The van der Waals surface area contributed by atoms with Crippen molar-refractivity contribution in [3.8, 4) is 0 Å². The second-order valence-corrected chi connectivity index (χ2v) is 9.23. The van der Waals surface area contributed by atoms with E-state index in [-0.39, 0.29) is 23.5 Å². The highest BCUT2D eigenvalue weighted by molar-refractivity contribution is 7.99. The number of carbonyl (C=O) groups excluding carboxylic acids is 2. The van der Waals surface area contributed by atoms with E-state index in [9.17, 15) is 9.59 Å². The van der Waals surface area contributed by atoms with Gasteiger partial charge < -0.3 is 15.4 Å². The lowest BCUT2D eigenvalue weighted by Gasteiger charge is -2.24. The molecule has 1 atom stereocenters. The van der Waals surface area contributed by atoms with Crippen LogP contribution < -0.4 is 10.6 Å². The van der Waals surface area contributed by atoms with Gasteiger partial charge in [0.2, 0.25) is 0 Å². The van der Waals surface area contributed by atoms with E-state index in [1.54, 1.807) is 36.0 Å². The molecule has 2 amide bonds. The van der Waals surface area contributed by atoms with Crippen LogP contribution in [0.3, 0.4) is 0 Å². The molecular formula is C24H30N2O3S. The van der Waals surface area contributed by atoms with Crippen LogP contribution in [0.5, 0.6) is 0 Å². The Balaban J connectivity index is 1.62. The molecule has 3 rings (SSSR count). The molecule has 2 aromatic rings. The van der Waals surface area contributed by atoms with Crippen molar-refractivity contribution in [3.63, 3.8) is 0 Å². The van der Waals surface area contributed by atoms with Crippen LogP contribution in [0.1, 0.15) is 60.7 Å². The smallest absolute Gasteiger partial charge is 0.256 e. The van der Waals surface area contributed by atoms with Crippen molar-refractivity contribution in [3.05, 3.63) is 59.7 Å². The molecule has 6 heteroatoms. The van der Waals surface area contributed by atoms with Crippen molar-refractivity contribution in [2.75, 3.05) is 17.7 Å². The third-order valence-electron chi connectivity index (χ3n) is 5.32. The quantitative estimate of drug-likeness (QED) is 0.575. The third kappa shape index (κ3) is 6.09. The van der Waals surface area contributed by atoms with Crippen LogP contribution >= 0.6 is 11.8 Å². The number of rotatable bonds is 8. The van der Waals surface area contributed by atoms with Crippen LogP contribution in [0.25, 0.3) is 0 Å². The molecule has 0 bridgehead atoms. The van der Waals surface area contributed by atoms with Gasteiger partial charge in [0.05, 0.1) is 11.7 Å². The van der Waals surface area contributed by atoms with Crippen LogP contribution in [-0.2, 0) is 4.74 Å². The van der Waals surface area contributed by atoms with Gasteiger partial charge in [-0.15, -0.1) is 11.8 Å². The van der Waals surface area contributed by atoms with E-state index in [0.717, 1.165) is 36.5 Å². The molecule has 0 saturated carbocycles. The van der Waals surface area contributed by atoms with E-state index in [0.29, 0.717) is 16.8 Å². The number of amides is 2. The summed E-state index contributed by atoms with van der Waals surface area (Å²) in [6, 6.07) is 14.6. The standard InChI is InChI=1S/C24H30N2O3S/c1-4-24(2,3)26-22(27)17-11-13-18(14-12-17)25-23(28)20-9-5-6-10-21(20)30-16-19-8-7-15-29-19/h5-6,9-14,19H,4,7-8,15-16H2,1-3H3,(H,25,28)(H,26,27). The number of anilines is 1. The van der Waals surface area contributed by atoms with Gasteiger partial charge in [-0.1, -0.05) is 19.1 Å². The number of hydrogen-bond acceptors (Lipinski definition) is 4. The highest BCUT2D eigenvalue weighted by Crippen LogP contribution is 2.27. The Morgan fingerprint density at radius 2 is 1.83 bits per heavy atom. The van der Waals surface area contributed by atoms with Crippen molar-refractivity contribution in [1.29, 1.82) is 0 Å². The molecule has 2 N–H and O–H groups in total. The van der Waals surface area contributed by atoms with Crippen molar-refractivity contribution < 1.29 is 14.3 Å². The first-order valence-electron chi connectivity index (χ1n) is 10.5. The highest BCUT2D eigenvalue weighted by atomic mass is 32.2. The molecule has 0 aliphatic carbocycles. The molecule has 160 valence electrons. The Labute approximate surface area is 183 Å². The number of carbonyl (C=O) groups is 2. The number of hydrogen-bond donors (Lipinski definition) is 2. The molecule has 5 nitrogen and oxygen atoms in total. The molecule has 1 unspecified atom stereocenters. The van der Waals surface area contributed by atoms with Gasteiger partial charge in [-0.25, -0.2) is 0 Å². The van der Waals surface area contributed by atoms with Gasteiger partial charge >= 0.3 is 0 Å². The van der Waals surface area contributed by atoms with Crippen LogP contribution in [-0.4, -0.2) is 35.8 Å². The summed E-state index contributed by atoms with van der Waals surface area (Å²) in [4.78, 5) is 26.2. The molecule has 1 aliphatic rings. The zero-order valence-electron chi connectivity index (χ0n) is 17.9. The van der Waals surface area contributed by atoms with Crippen LogP contribution in [0.15, 0.2) is 53.4 Å². The number of benzene rings is 2. The second-order valence-electron chi connectivity index (χ2n) is 8.17. The van der Waals surface area contributed by atoms with E-state index < -0.39 is 0 Å². The van der Waals surface area contributed by atoms with Gasteiger partial charge in [0.25, 0.3) is 11.8 Å². The van der Waals surface area contributed by atoms with Crippen molar-refractivity contribution >= 4 is 29.3 Å². The van der Waals surface area contributed by atoms with Crippen LogP contribution in [0.2, 0.25) is 0 Å². The maximum absolute atomic E-state index is 12.8. The summed E-state index contributed by atoms with van der Waals surface area (Å²) in [7, 11) is 0. The minimum atomic E-state index is -0.255. The Bertz CT molecular complexity index is 874. The van der Waals surface area contributed by atoms with Gasteiger partial charge in [0.15, 0.2) is 0 Å². The molecule has 1 saturated heterocycles. The first kappa shape index (κ1) is 22.4. The summed E-state index contributed by atoms with van der Waals surface area (Å²) >= 11 is 1.66. The lowest BCUT2D eigenvalue weighted by atomic mass is 10.0. The van der Waals surface area contributed by atoms with Crippen molar-refractivity contribution in [2.24, 2.45) is 0 Å². The maximum Gasteiger partial charge on any atom is 0.256 e. The normalized spacial score (nSPS) is 16.3. The zero-order valence-corrected chi connectivity index (χ0v) is 18.7. The summed E-state index contributed by atoms with van der Waals surface area (Å²) in [5.74, 6) is 0.577. The molecule has 0 spiro atoms. The van der Waals surface area contributed by atoms with Crippen molar-refractivity contribution in [2.45, 2.75) is 56.6 Å². The van der Waals surface area contributed by atoms with Gasteiger partial charge in [-0.2, -0.15) is 0 Å². The molecule has 1 fully saturated rings. The first-order valence-corrected chi connectivity index (χ1v) is 11.4. The molecule has 2 aromatic carbocycles. The number of nitrogens with one attached hydrogen (secondary N) is 2. The fraction of sp³-hybridized carbons (Fsp3) is 0.417. The summed E-state index contributed by atoms with van der Waals surface area (Å²) in [6.45, 7) is 6.86. The Kier molecular flexibility index (Phi) is 7.56. The van der Waals surface area contributed by atoms with Gasteiger partial charge in [0, 0.05) is 34.0 Å². The van der Waals surface area contributed by atoms with E-state index in [1.165, 1.54) is 0 Å². The van der Waals surface area contributed by atoms with E-state index in [4.69, 9.17) is 4.74 Å². The Morgan fingerprint density at radius 3 is 2.50 bits per heavy atom. The first-order chi connectivity index (χ1) is 14.4. The summed E-state index contributed by atoms with van der Waals surface area (Å²) in [5, 5.41) is 5.95. The van der Waals surface area contributed by atoms with Crippen molar-refractivity contribution in [1.82, 2.24) is 5.32 Å². The predicted octanol–water partition coefficient (Wildman–Crippen LogP) is 5.13. The predicted molar refractivity (Wildman–Crippen MR) is 122 cm³/mol. The van der Waals surface area contributed by atoms with Gasteiger partial charge in [-0.3, -0.25) is 9.59 Å². The largest absolute Gasteiger partial charge is 0.377 e. The molecule has 1 aliphatic heterocycles. The SMILES string of the molecule is CCC(C)(C)NC(=O)c1ccc(NC(=O)c2ccccc2SCC2CCCO2)cc1. The molecular weight excluding hydrogens is 396 g/mol. The van der Waals surface area contributed by atoms with E-state index >= 15 is 0 Å². The number of ether oxygens (including phenoxy) is 1. The third-order valence-corrected chi connectivity index (χ3v) is 6.53. The fourth-order valence-electron chi connectivity index (χ4n) is 3.11. The molecule has 0 radical (unpaired) electrons. The molecule has 1 heterocycles. The monoisotopic (exact) mass is 426 g/mol. The zero-order chi connectivity index (χ0) is 21.6. The number of thioether (sulfide) groups is 1. The van der Waals surface area contributed by atoms with E-state index in [2.05, 4.69) is 10.6 Å². The summed E-state index contributed by atoms with van der Waals surface area (Å²) < 4.78 is 5.68. The van der Waals surface area contributed by atoms with Crippen LogP contribution in [0.4, 0.5) is 5.69 Å². The second kappa shape index (κ2) is 10.1. The minimum absolute atomic E-state index is 0.115. The Hall–Kier alpha value is -2.31. The van der Waals surface area contributed by atoms with E-state index in [1.807, 2.05) is 45.0 Å². The summed E-state index contributed by atoms with van der Waals surface area (Å²) in [5.41, 5.74) is 1.62. The van der Waals surface area contributed by atoms with Gasteiger partial charge in [0.1, 0.15) is 0 Å².